The predicted molar refractivity (Wildman–Crippen MR) is 68.1 cm³/mol. The summed E-state index contributed by atoms with van der Waals surface area (Å²) in [5, 5.41) is 0. The number of benzene rings is 1. The molecule has 2 N–H and O–H groups in total. The molecule has 1 aromatic carbocycles. The van der Waals surface area contributed by atoms with Crippen molar-refractivity contribution in [3.05, 3.63) is 30.3 Å². The Morgan fingerprint density at radius 2 is 2.12 bits per heavy atom. The van der Waals surface area contributed by atoms with Gasteiger partial charge in [-0.2, -0.15) is 0 Å². The first-order valence-electron chi connectivity index (χ1n) is 6.30. The van der Waals surface area contributed by atoms with Gasteiger partial charge in [0.25, 0.3) is 0 Å². The molecular weight excluding hydrogens is 214 g/mol. The van der Waals surface area contributed by atoms with E-state index in [0.717, 1.165) is 51.4 Å². The zero-order valence-corrected chi connectivity index (χ0v) is 10.2. The average molecular weight is 235 g/mol. The summed E-state index contributed by atoms with van der Waals surface area (Å²) in [5.41, 5.74) is 6.05. The lowest BCUT2D eigenvalue weighted by atomic mass is 9.83. The maximum Gasteiger partial charge on any atom is 0.119 e. The zero-order valence-electron chi connectivity index (χ0n) is 10.2. The molecule has 0 radical (unpaired) electrons. The molecule has 1 aliphatic heterocycles. The second kappa shape index (κ2) is 6.03. The minimum atomic E-state index is 0.208. The topological polar surface area (TPSA) is 44.5 Å². The zero-order chi connectivity index (χ0) is 12.0. The molecule has 1 aliphatic rings. The lowest BCUT2D eigenvalue weighted by Gasteiger charge is -2.25. The number of para-hydroxylation sites is 1. The maximum absolute atomic E-state index is 5.84. The predicted octanol–water partition coefficient (Wildman–Crippen LogP) is 2.21. The average Bonchev–Trinajstić information content (AvgIpc) is 2.85. The van der Waals surface area contributed by atoms with E-state index in [9.17, 15) is 0 Å². The van der Waals surface area contributed by atoms with Crippen molar-refractivity contribution in [3.63, 3.8) is 0 Å². The Morgan fingerprint density at radius 1 is 1.29 bits per heavy atom. The molecule has 1 aromatic rings. The van der Waals surface area contributed by atoms with Gasteiger partial charge >= 0.3 is 0 Å². The Labute approximate surface area is 103 Å². The van der Waals surface area contributed by atoms with Crippen molar-refractivity contribution >= 4 is 0 Å². The van der Waals surface area contributed by atoms with Crippen LogP contribution in [0.25, 0.3) is 0 Å². The van der Waals surface area contributed by atoms with Gasteiger partial charge in [-0.05, 0) is 31.4 Å². The molecule has 1 fully saturated rings. The van der Waals surface area contributed by atoms with E-state index in [4.69, 9.17) is 15.2 Å². The van der Waals surface area contributed by atoms with Gasteiger partial charge in [-0.1, -0.05) is 18.2 Å². The molecule has 0 aliphatic carbocycles. The van der Waals surface area contributed by atoms with Crippen LogP contribution in [0.3, 0.4) is 0 Å². The molecule has 1 saturated heterocycles. The Balaban J connectivity index is 1.69. The van der Waals surface area contributed by atoms with E-state index in [1.807, 2.05) is 30.3 Å². The van der Waals surface area contributed by atoms with Crippen LogP contribution in [-0.4, -0.2) is 26.4 Å². The van der Waals surface area contributed by atoms with Crippen molar-refractivity contribution in [3.8, 4) is 5.75 Å². The van der Waals surface area contributed by atoms with Gasteiger partial charge in [0.2, 0.25) is 0 Å². The minimum Gasteiger partial charge on any atom is -0.494 e. The molecule has 0 bridgehead atoms. The van der Waals surface area contributed by atoms with E-state index < -0.39 is 0 Å². The molecular formula is C14H21NO2. The minimum absolute atomic E-state index is 0.208. The molecule has 0 aromatic heterocycles. The van der Waals surface area contributed by atoms with Gasteiger partial charge in [0.1, 0.15) is 5.75 Å². The highest BCUT2D eigenvalue weighted by molar-refractivity contribution is 5.20. The van der Waals surface area contributed by atoms with Crippen LogP contribution in [0.4, 0.5) is 0 Å². The summed E-state index contributed by atoms with van der Waals surface area (Å²) >= 11 is 0. The van der Waals surface area contributed by atoms with Gasteiger partial charge in [-0.15, -0.1) is 0 Å². The largest absolute Gasteiger partial charge is 0.494 e. The summed E-state index contributed by atoms with van der Waals surface area (Å²) in [6.45, 7) is 3.15. The summed E-state index contributed by atoms with van der Waals surface area (Å²) in [6.07, 6.45) is 3.22. The molecule has 0 saturated carbocycles. The number of hydrogen-bond acceptors (Lipinski definition) is 3. The quantitative estimate of drug-likeness (QED) is 0.769. The first-order chi connectivity index (χ1) is 8.35. The van der Waals surface area contributed by atoms with Crippen LogP contribution >= 0.6 is 0 Å². The number of ether oxygens (including phenoxy) is 2. The Kier molecular flexibility index (Phi) is 4.40. The van der Waals surface area contributed by atoms with Crippen LogP contribution in [0.15, 0.2) is 30.3 Å². The third kappa shape index (κ3) is 3.45. The van der Waals surface area contributed by atoms with Gasteiger partial charge in [-0.25, -0.2) is 0 Å². The highest BCUT2D eigenvalue weighted by Crippen LogP contribution is 2.32. The van der Waals surface area contributed by atoms with Gasteiger partial charge in [0.15, 0.2) is 0 Å². The van der Waals surface area contributed by atoms with Crippen molar-refractivity contribution in [2.45, 2.75) is 19.3 Å². The van der Waals surface area contributed by atoms with E-state index in [-0.39, 0.29) is 5.41 Å². The molecule has 2 rings (SSSR count). The normalized spacial score (nSPS) is 23.8. The van der Waals surface area contributed by atoms with Crippen LogP contribution in [0.5, 0.6) is 5.75 Å². The summed E-state index contributed by atoms with van der Waals surface area (Å²) in [7, 11) is 0. The molecule has 1 unspecified atom stereocenters. The highest BCUT2D eigenvalue weighted by Gasteiger charge is 2.32. The Bertz CT molecular complexity index is 320. The Morgan fingerprint density at radius 3 is 2.76 bits per heavy atom. The summed E-state index contributed by atoms with van der Waals surface area (Å²) < 4.78 is 11.1. The molecule has 3 nitrogen and oxygen atoms in total. The van der Waals surface area contributed by atoms with Crippen LogP contribution < -0.4 is 10.5 Å². The lowest BCUT2D eigenvalue weighted by Crippen LogP contribution is -2.31. The number of nitrogens with two attached hydrogens (primary N) is 1. The fourth-order valence-corrected chi connectivity index (χ4v) is 2.26. The second-order valence-electron chi connectivity index (χ2n) is 4.77. The SMILES string of the molecule is NCC1(CCCOc2ccccc2)CCOC1. The van der Waals surface area contributed by atoms with Gasteiger partial charge in [-0.3, -0.25) is 0 Å². The van der Waals surface area contributed by atoms with Crippen LogP contribution in [0, 0.1) is 5.41 Å². The van der Waals surface area contributed by atoms with Crippen molar-refractivity contribution in [2.24, 2.45) is 11.1 Å². The maximum atomic E-state index is 5.84. The first kappa shape index (κ1) is 12.4. The molecule has 1 heterocycles. The number of hydrogen-bond donors (Lipinski definition) is 1. The van der Waals surface area contributed by atoms with Gasteiger partial charge in [0, 0.05) is 18.6 Å². The van der Waals surface area contributed by atoms with Crippen molar-refractivity contribution in [1.29, 1.82) is 0 Å². The second-order valence-corrected chi connectivity index (χ2v) is 4.77. The van der Waals surface area contributed by atoms with E-state index in [0.29, 0.717) is 0 Å². The highest BCUT2D eigenvalue weighted by atomic mass is 16.5. The summed E-state index contributed by atoms with van der Waals surface area (Å²) in [5.74, 6) is 0.942. The molecule has 1 atom stereocenters. The third-order valence-corrected chi connectivity index (χ3v) is 3.48. The Hall–Kier alpha value is -1.06. The summed E-state index contributed by atoms with van der Waals surface area (Å²) in [4.78, 5) is 0. The summed E-state index contributed by atoms with van der Waals surface area (Å²) in [6, 6.07) is 9.93. The van der Waals surface area contributed by atoms with Crippen LogP contribution in [0.1, 0.15) is 19.3 Å². The molecule has 17 heavy (non-hydrogen) atoms. The van der Waals surface area contributed by atoms with Crippen molar-refractivity contribution in [1.82, 2.24) is 0 Å². The first-order valence-corrected chi connectivity index (χ1v) is 6.30. The van der Waals surface area contributed by atoms with Crippen LogP contribution in [0.2, 0.25) is 0 Å². The van der Waals surface area contributed by atoms with Crippen molar-refractivity contribution < 1.29 is 9.47 Å². The third-order valence-electron chi connectivity index (χ3n) is 3.48. The van der Waals surface area contributed by atoms with E-state index in [1.165, 1.54) is 0 Å². The lowest BCUT2D eigenvalue weighted by molar-refractivity contribution is 0.143. The van der Waals surface area contributed by atoms with E-state index >= 15 is 0 Å². The molecule has 3 heteroatoms. The molecule has 0 spiro atoms. The monoisotopic (exact) mass is 235 g/mol. The van der Waals surface area contributed by atoms with E-state index in [1.54, 1.807) is 0 Å². The van der Waals surface area contributed by atoms with E-state index in [2.05, 4.69) is 0 Å². The van der Waals surface area contributed by atoms with Crippen LogP contribution in [-0.2, 0) is 4.74 Å². The molecule has 94 valence electrons. The smallest absolute Gasteiger partial charge is 0.119 e. The van der Waals surface area contributed by atoms with Crippen molar-refractivity contribution in [2.75, 3.05) is 26.4 Å². The number of rotatable bonds is 6. The fourth-order valence-electron chi connectivity index (χ4n) is 2.26. The van der Waals surface area contributed by atoms with Gasteiger partial charge in [0.05, 0.1) is 13.2 Å². The van der Waals surface area contributed by atoms with Gasteiger partial charge < -0.3 is 15.2 Å². The fraction of sp³-hybridized carbons (Fsp3) is 0.571. The molecule has 0 amide bonds. The standard InChI is InChI=1S/C14H21NO2/c15-11-14(8-10-16-12-14)7-4-9-17-13-5-2-1-3-6-13/h1-3,5-6H,4,7-12,15H2.